The monoisotopic (exact) mass is 396 g/mol. The first-order valence-electron chi connectivity index (χ1n) is 10.1. The molecule has 3 nitrogen and oxygen atoms in total. The molecule has 3 heteroatoms. The number of hydrogen-bond donors (Lipinski definition) is 0. The third-order valence-corrected chi connectivity index (χ3v) is 5.72. The molecule has 3 aromatic carbocycles. The van der Waals surface area contributed by atoms with Crippen LogP contribution in [0.1, 0.15) is 33.5 Å². The lowest BCUT2D eigenvalue weighted by atomic mass is 9.67. The van der Waals surface area contributed by atoms with Gasteiger partial charge in [0.05, 0.1) is 19.6 Å². The second kappa shape index (κ2) is 8.47. The van der Waals surface area contributed by atoms with Crippen LogP contribution in [0.4, 0.5) is 0 Å². The molecule has 0 bridgehead atoms. The molecule has 0 N–H and O–H groups in total. The zero-order valence-corrected chi connectivity index (χ0v) is 17.3. The van der Waals surface area contributed by atoms with Gasteiger partial charge in [0.25, 0.3) is 0 Å². The van der Waals surface area contributed by atoms with E-state index in [1.165, 1.54) is 0 Å². The van der Waals surface area contributed by atoms with E-state index in [0.29, 0.717) is 12.8 Å². The molecule has 30 heavy (non-hydrogen) atoms. The van der Waals surface area contributed by atoms with Crippen molar-refractivity contribution in [2.75, 3.05) is 14.2 Å². The maximum Gasteiger partial charge on any atom is 0.181 e. The van der Waals surface area contributed by atoms with E-state index < -0.39 is 5.41 Å². The van der Waals surface area contributed by atoms with Crippen molar-refractivity contribution < 1.29 is 14.3 Å². The third-order valence-electron chi connectivity index (χ3n) is 5.72. The van der Waals surface area contributed by atoms with Gasteiger partial charge in [0.1, 0.15) is 11.5 Å². The SMILES string of the molecule is COc1ccc(OC)c(CC2(C#Cc3ccccc3)CCc3ccccc3C2=O)c1. The van der Waals surface area contributed by atoms with E-state index in [2.05, 4.69) is 11.8 Å². The lowest BCUT2D eigenvalue weighted by Gasteiger charge is -2.33. The largest absolute Gasteiger partial charge is 0.497 e. The Labute approximate surface area is 177 Å². The molecule has 3 aromatic rings. The normalized spacial score (nSPS) is 17.5. The highest BCUT2D eigenvalue weighted by molar-refractivity contribution is 6.05. The summed E-state index contributed by atoms with van der Waals surface area (Å²) in [6.45, 7) is 0. The van der Waals surface area contributed by atoms with Crippen molar-refractivity contribution in [1.29, 1.82) is 0 Å². The minimum atomic E-state index is -0.816. The molecule has 0 spiro atoms. The van der Waals surface area contributed by atoms with Gasteiger partial charge in [0, 0.05) is 17.5 Å². The van der Waals surface area contributed by atoms with Crippen LogP contribution in [0.3, 0.4) is 0 Å². The molecule has 0 saturated carbocycles. The van der Waals surface area contributed by atoms with Crippen LogP contribution in [0.25, 0.3) is 0 Å². The van der Waals surface area contributed by atoms with E-state index in [1.54, 1.807) is 14.2 Å². The summed E-state index contributed by atoms with van der Waals surface area (Å²) in [5.74, 6) is 8.20. The minimum Gasteiger partial charge on any atom is -0.497 e. The first kappa shape index (κ1) is 19.8. The van der Waals surface area contributed by atoms with E-state index in [9.17, 15) is 4.79 Å². The Morgan fingerprint density at radius 2 is 1.70 bits per heavy atom. The Hall–Kier alpha value is -3.51. The minimum absolute atomic E-state index is 0.0812. The van der Waals surface area contributed by atoms with Gasteiger partial charge in [0.15, 0.2) is 5.78 Å². The fraction of sp³-hybridized carbons (Fsp3) is 0.222. The zero-order valence-electron chi connectivity index (χ0n) is 17.3. The highest BCUT2D eigenvalue weighted by atomic mass is 16.5. The summed E-state index contributed by atoms with van der Waals surface area (Å²) >= 11 is 0. The molecule has 0 amide bonds. The molecule has 1 aliphatic rings. The summed E-state index contributed by atoms with van der Waals surface area (Å²) in [7, 11) is 3.28. The van der Waals surface area contributed by atoms with Crippen molar-refractivity contribution >= 4 is 5.78 Å². The standard InChI is InChI=1S/C27H24O3/c1-29-23-12-13-25(30-2)22(18-23)19-27(16-14-20-8-4-3-5-9-20)17-15-21-10-6-7-11-24(21)26(27)28/h3-13,18H,15,17,19H2,1-2H3. The number of rotatable bonds is 4. The highest BCUT2D eigenvalue weighted by Crippen LogP contribution is 2.40. The molecule has 0 fully saturated rings. The van der Waals surface area contributed by atoms with E-state index >= 15 is 0 Å². The molecule has 1 atom stereocenters. The van der Waals surface area contributed by atoms with E-state index in [4.69, 9.17) is 9.47 Å². The molecular formula is C27H24O3. The first-order chi connectivity index (χ1) is 14.6. The second-order valence-corrected chi connectivity index (χ2v) is 7.54. The lowest BCUT2D eigenvalue weighted by Crippen LogP contribution is -2.37. The van der Waals surface area contributed by atoms with Crippen LogP contribution >= 0.6 is 0 Å². The van der Waals surface area contributed by atoms with Gasteiger partial charge in [-0.25, -0.2) is 0 Å². The van der Waals surface area contributed by atoms with Crippen molar-refractivity contribution in [3.63, 3.8) is 0 Å². The smallest absolute Gasteiger partial charge is 0.181 e. The lowest BCUT2D eigenvalue weighted by molar-refractivity contribution is 0.0835. The molecule has 0 radical (unpaired) electrons. The van der Waals surface area contributed by atoms with Gasteiger partial charge in [-0.1, -0.05) is 54.3 Å². The van der Waals surface area contributed by atoms with E-state index in [0.717, 1.165) is 40.2 Å². The number of ketones is 1. The number of aryl methyl sites for hydroxylation is 1. The fourth-order valence-corrected chi connectivity index (χ4v) is 4.07. The van der Waals surface area contributed by atoms with Crippen LogP contribution < -0.4 is 9.47 Å². The number of hydrogen-bond acceptors (Lipinski definition) is 3. The number of methoxy groups -OCH3 is 2. The zero-order chi connectivity index (χ0) is 21.0. The van der Waals surface area contributed by atoms with Gasteiger partial charge in [0.2, 0.25) is 0 Å². The van der Waals surface area contributed by atoms with Gasteiger partial charge in [-0.2, -0.15) is 0 Å². The summed E-state index contributed by atoms with van der Waals surface area (Å²) in [5, 5.41) is 0. The Morgan fingerprint density at radius 3 is 2.47 bits per heavy atom. The molecular weight excluding hydrogens is 372 g/mol. The Bertz CT molecular complexity index is 1120. The molecule has 0 aromatic heterocycles. The van der Waals surface area contributed by atoms with Gasteiger partial charge < -0.3 is 9.47 Å². The highest BCUT2D eigenvalue weighted by Gasteiger charge is 2.42. The Kier molecular flexibility index (Phi) is 5.59. The van der Waals surface area contributed by atoms with Gasteiger partial charge >= 0.3 is 0 Å². The summed E-state index contributed by atoms with van der Waals surface area (Å²) in [6, 6.07) is 23.4. The van der Waals surface area contributed by atoms with Gasteiger partial charge in [-0.05, 0) is 54.3 Å². The van der Waals surface area contributed by atoms with Crippen molar-refractivity contribution in [3.05, 3.63) is 95.1 Å². The number of carbonyl (C=O) groups excluding carboxylic acids is 1. The molecule has 150 valence electrons. The van der Waals surface area contributed by atoms with Crippen LogP contribution in [-0.2, 0) is 12.8 Å². The van der Waals surface area contributed by atoms with E-state index in [1.807, 2.05) is 72.8 Å². The molecule has 1 unspecified atom stereocenters. The van der Waals surface area contributed by atoms with Gasteiger partial charge in [-0.15, -0.1) is 0 Å². The van der Waals surface area contributed by atoms with Crippen molar-refractivity contribution in [3.8, 4) is 23.3 Å². The molecule has 0 aliphatic heterocycles. The van der Waals surface area contributed by atoms with Crippen molar-refractivity contribution in [2.45, 2.75) is 19.3 Å². The van der Waals surface area contributed by atoms with Crippen LogP contribution in [0.2, 0.25) is 0 Å². The number of benzene rings is 3. The molecule has 1 aliphatic carbocycles. The summed E-state index contributed by atoms with van der Waals surface area (Å²) in [6.07, 6.45) is 1.96. The number of Topliss-reactive ketones (excluding diaryl/α,β-unsaturated/α-hetero) is 1. The van der Waals surface area contributed by atoms with Crippen LogP contribution in [0.5, 0.6) is 11.5 Å². The average Bonchev–Trinajstić information content (AvgIpc) is 2.81. The predicted molar refractivity (Wildman–Crippen MR) is 118 cm³/mol. The summed E-state index contributed by atoms with van der Waals surface area (Å²) in [5.41, 5.74) is 2.88. The Balaban J connectivity index is 1.82. The van der Waals surface area contributed by atoms with Gasteiger partial charge in [-0.3, -0.25) is 4.79 Å². The van der Waals surface area contributed by atoms with Crippen molar-refractivity contribution in [2.24, 2.45) is 5.41 Å². The Morgan fingerprint density at radius 1 is 0.933 bits per heavy atom. The predicted octanol–water partition coefficient (Wildman–Crippen LogP) is 5.11. The van der Waals surface area contributed by atoms with Crippen molar-refractivity contribution in [1.82, 2.24) is 0 Å². The fourth-order valence-electron chi connectivity index (χ4n) is 4.07. The van der Waals surface area contributed by atoms with E-state index in [-0.39, 0.29) is 5.78 Å². The maximum absolute atomic E-state index is 13.7. The number of carbonyl (C=O) groups is 1. The number of fused-ring (bicyclic) bond motifs is 1. The van der Waals surface area contributed by atoms with Crippen LogP contribution in [0, 0.1) is 17.3 Å². The maximum atomic E-state index is 13.7. The van der Waals surface area contributed by atoms with Crippen LogP contribution in [0.15, 0.2) is 72.8 Å². The second-order valence-electron chi connectivity index (χ2n) is 7.54. The summed E-state index contributed by atoms with van der Waals surface area (Å²) in [4.78, 5) is 13.7. The third kappa shape index (κ3) is 3.82. The quantitative estimate of drug-likeness (QED) is 0.575. The van der Waals surface area contributed by atoms with Crippen LogP contribution in [-0.4, -0.2) is 20.0 Å². The first-order valence-corrected chi connectivity index (χ1v) is 10.1. The number of ether oxygens (including phenoxy) is 2. The average molecular weight is 396 g/mol. The molecule has 4 rings (SSSR count). The molecule has 0 saturated heterocycles. The molecule has 0 heterocycles. The topological polar surface area (TPSA) is 35.5 Å². The summed E-state index contributed by atoms with van der Waals surface area (Å²) < 4.78 is 11.0.